The van der Waals surface area contributed by atoms with E-state index in [1.54, 1.807) is 0 Å². The first kappa shape index (κ1) is 12.4. The predicted octanol–water partition coefficient (Wildman–Crippen LogP) is 0.493. The normalized spacial score (nSPS) is 14.1. The summed E-state index contributed by atoms with van der Waals surface area (Å²) in [7, 11) is 0. The molecule has 0 spiro atoms. The molecule has 0 aliphatic carbocycles. The Morgan fingerprint density at radius 3 is 2.89 bits per heavy atom. The van der Waals surface area contributed by atoms with Gasteiger partial charge in [-0.3, -0.25) is 4.79 Å². The molecule has 1 aromatic rings. The van der Waals surface area contributed by atoms with E-state index in [2.05, 4.69) is 0 Å². The molecule has 1 amide bonds. The molecule has 96 valence electrons. The highest BCUT2D eigenvalue weighted by Gasteiger charge is 2.25. The van der Waals surface area contributed by atoms with Crippen LogP contribution in [-0.4, -0.2) is 41.8 Å². The van der Waals surface area contributed by atoms with Gasteiger partial charge < -0.3 is 19.8 Å². The molecule has 0 saturated carbocycles. The number of aliphatic hydroxyl groups excluding tert-OH is 1. The van der Waals surface area contributed by atoms with E-state index in [-0.39, 0.29) is 24.7 Å². The van der Waals surface area contributed by atoms with Crippen molar-refractivity contribution < 1.29 is 24.5 Å². The fraction of sp³-hybridized carbons (Fsp3) is 0.333. The van der Waals surface area contributed by atoms with Crippen LogP contribution in [-0.2, 0) is 4.79 Å². The van der Waals surface area contributed by atoms with Crippen LogP contribution in [0.2, 0.25) is 0 Å². The second kappa shape index (κ2) is 5.05. The van der Waals surface area contributed by atoms with Crippen molar-refractivity contribution in [1.29, 1.82) is 0 Å². The number of aliphatic hydroxyl groups is 1. The number of aromatic carboxylic acids is 1. The van der Waals surface area contributed by atoms with Gasteiger partial charge in [-0.2, -0.15) is 0 Å². The molecule has 0 aromatic heterocycles. The van der Waals surface area contributed by atoms with Gasteiger partial charge in [0.15, 0.2) is 6.61 Å². The summed E-state index contributed by atoms with van der Waals surface area (Å²) in [5, 5.41) is 17.7. The maximum atomic E-state index is 11.7. The molecule has 0 saturated heterocycles. The SMILES string of the molecule is O=C(O)c1ccc2c(c1)N(CCCO)C(=O)CO2. The number of hydrogen-bond donors (Lipinski definition) is 2. The zero-order valence-corrected chi connectivity index (χ0v) is 9.63. The first-order chi connectivity index (χ1) is 8.63. The maximum absolute atomic E-state index is 11.7. The fourth-order valence-electron chi connectivity index (χ4n) is 1.81. The average Bonchev–Trinajstić information content (AvgIpc) is 2.37. The molecule has 0 atom stereocenters. The number of ether oxygens (including phenoxy) is 1. The van der Waals surface area contributed by atoms with E-state index in [0.29, 0.717) is 24.4 Å². The van der Waals surface area contributed by atoms with Crippen molar-refractivity contribution in [2.24, 2.45) is 0 Å². The molecule has 1 aliphatic heterocycles. The molecule has 6 heteroatoms. The van der Waals surface area contributed by atoms with Crippen LogP contribution in [0.4, 0.5) is 5.69 Å². The minimum absolute atomic E-state index is 0.0292. The Hall–Kier alpha value is -2.08. The molecule has 1 heterocycles. The second-order valence-corrected chi connectivity index (χ2v) is 3.90. The van der Waals surface area contributed by atoms with E-state index in [0.717, 1.165) is 0 Å². The van der Waals surface area contributed by atoms with Crippen LogP contribution >= 0.6 is 0 Å². The number of benzene rings is 1. The van der Waals surface area contributed by atoms with Crippen molar-refractivity contribution in [2.45, 2.75) is 6.42 Å². The molecule has 2 rings (SSSR count). The zero-order chi connectivity index (χ0) is 13.1. The van der Waals surface area contributed by atoms with Gasteiger partial charge >= 0.3 is 5.97 Å². The Kier molecular flexibility index (Phi) is 3.47. The summed E-state index contributed by atoms with van der Waals surface area (Å²) < 4.78 is 5.23. The molecular weight excluding hydrogens is 238 g/mol. The van der Waals surface area contributed by atoms with Gasteiger partial charge in [-0.1, -0.05) is 0 Å². The Morgan fingerprint density at radius 1 is 1.44 bits per heavy atom. The second-order valence-electron chi connectivity index (χ2n) is 3.90. The topological polar surface area (TPSA) is 87.1 Å². The number of carbonyl (C=O) groups excluding carboxylic acids is 1. The number of hydrogen-bond acceptors (Lipinski definition) is 4. The summed E-state index contributed by atoms with van der Waals surface area (Å²) in [6, 6.07) is 4.38. The monoisotopic (exact) mass is 251 g/mol. The fourth-order valence-corrected chi connectivity index (χ4v) is 1.81. The molecular formula is C12H13NO5. The lowest BCUT2D eigenvalue weighted by atomic mass is 10.1. The summed E-state index contributed by atoms with van der Waals surface area (Å²) in [5.74, 6) is -0.811. The van der Waals surface area contributed by atoms with E-state index >= 15 is 0 Å². The van der Waals surface area contributed by atoms with Crippen molar-refractivity contribution in [2.75, 3.05) is 24.7 Å². The van der Waals surface area contributed by atoms with E-state index in [1.165, 1.54) is 23.1 Å². The third-order valence-corrected chi connectivity index (χ3v) is 2.69. The quantitative estimate of drug-likeness (QED) is 0.813. The summed E-state index contributed by atoms with van der Waals surface area (Å²) in [6.45, 7) is 0.248. The van der Waals surface area contributed by atoms with Crippen LogP contribution in [0.3, 0.4) is 0 Å². The molecule has 2 N–H and O–H groups in total. The maximum Gasteiger partial charge on any atom is 0.335 e. The summed E-state index contributed by atoms with van der Waals surface area (Å²) in [4.78, 5) is 24.1. The lowest BCUT2D eigenvalue weighted by Crippen LogP contribution is -2.39. The van der Waals surface area contributed by atoms with Gasteiger partial charge in [0.2, 0.25) is 0 Å². The molecule has 1 aliphatic rings. The minimum Gasteiger partial charge on any atom is -0.482 e. The molecule has 1 aromatic carbocycles. The van der Waals surface area contributed by atoms with Gasteiger partial charge in [0.05, 0.1) is 11.3 Å². The highest BCUT2D eigenvalue weighted by Crippen LogP contribution is 2.33. The number of nitrogens with zero attached hydrogens (tertiary/aromatic N) is 1. The Morgan fingerprint density at radius 2 is 2.22 bits per heavy atom. The highest BCUT2D eigenvalue weighted by molar-refractivity contribution is 5.99. The van der Waals surface area contributed by atoms with Crippen LogP contribution in [0.1, 0.15) is 16.8 Å². The number of carboxylic acids is 1. The number of rotatable bonds is 4. The molecule has 6 nitrogen and oxygen atoms in total. The van der Waals surface area contributed by atoms with Gasteiger partial charge in [0.25, 0.3) is 5.91 Å². The largest absolute Gasteiger partial charge is 0.482 e. The summed E-state index contributed by atoms with van der Waals surface area (Å²) in [5.41, 5.74) is 0.542. The molecule has 0 bridgehead atoms. The highest BCUT2D eigenvalue weighted by atomic mass is 16.5. The van der Waals surface area contributed by atoms with Crippen LogP contribution in [0.5, 0.6) is 5.75 Å². The minimum atomic E-state index is -1.06. The third-order valence-electron chi connectivity index (χ3n) is 2.69. The van der Waals surface area contributed by atoms with Crippen molar-refractivity contribution in [3.8, 4) is 5.75 Å². The van der Waals surface area contributed by atoms with Gasteiger partial charge in [0.1, 0.15) is 5.75 Å². The number of amides is 1. The summed E-state index contributed by atoms with van der Waals surface area (Å²) >= 11 is 0. The van der Waals surface area contributed by atoms with Crippen LogP contribution in [0.25, 0.3) is 0 Å². The summed E-state index contributed by atoms with van der Waals surface area (Å²) in [6.07, 6.45) is 0.433. The smallest absolute Gasteiger partial charge is 0.335 e. The van der Waals surface area contributed by atoms with Crippen molar-refractivity contribution >= 4 is 17.6 Å². The van der Waals surface area contributed by atoms with Gasteiger partial charge in [-0.05, 0) is 24.6 Å². The standard InChI is InChI=1S/C12H13NO5/c14-5-1-4-13-9-6-8(12(16)17)2-3-10(9)18-7-11(13)15/h2-3,6,14H,1,4-5,7H2,(H,16,17). The van der Waals surface area contributed by atoms with Crippen molar-refractivity contribution in [3.05, 3.63) is 23.8 Å². The zero-order valence-electron chi connectivity index (χ0n) is 9.63. The van der Waals surface area contributed by atoms with E-state index in [9.17, 15) is 9.59 Å². The molecule has 0 unspecified atom stereocenters. The Bertz CT molecular complexity index is 485. The Balaban J connectivity index is 2.36. The Labute approximate surface area is 103 Å². The van der Waals surface area contributed by atoms with Crippen molar-refractivity contribution in [1.82, 2.24) is 0 Å². The van der Waals surface area contributed by atoms with Crippen LogP contribution in [0, 0.1) is 0 Å². The first-order valence-corrected chi connectivity index (χ1v) is 5.55. The average molecular weight is 251 g/mol. The van der Waals surface area contributed by atoms with E-state index in [1.807, 2.05) is 0 Å². The molecule has 0 radical (unpaired) electrons. The van der Waals surface area contributed by atoms with Gasteiger partial charge in [0, 0.05) is 13.2 Å². The van der Waals surface area contributed by atoms with Crippen LogP contribution < -0.4 is 9.64 Å². The number of anilines is 1. The van der Waals surface area contributed by atoms with E-state index < -0.39 is 5.97 Å². The molecule has 18 heavy (non-hydrogen) atoms. The van der Waals surface area contributed by atoms with E-state index in [4.69, 9.17) is 14.9 Å². The first-order valence-electron chi connectivity index (χ1n) is 5.55. The van der Waals surface area contributed by atoms with Gasteiger partial charge in [-0.15, -0.1) is 0 Å². The molecule has 0 fully saturated rings. The van der Waals surface area contributed by atoms with Crippen molar-refractivity contribution in [3.63, 3.8) is 0 Å². The lowest BCUT2D eigenvalue weighted by Gasteiger charge is -2.29. The van der Waals surface area contributed by atoms with Crippen LogP contribution in [0.15, 0.2) is 18.2 Å². The number of carboxylic acid groups (broad SMARTS) is 1. The number of fused-ring (bicyclic) bond motifs is 1. The lowest BCUT2D eigenvalue weighted by molar-refractivity contribution is -0.121. The predicted molar refractivity (Wildman–Crippen MR) is 63.0 cm³/mol. The third kappa shape index (κ3) is 2.28. The number of carbonyl (C=O) groups is 2. The van der Waals surface area contributed by atoms with Gasteiger partial charge in [-0.25, -0.2) is 4.79 Å².